The molecule has 0 heterocycles. The maximum absolute atomic E-state index is 5.84. The molecule has 0 fully saturated rings. The van der Waals surface area contributed by atoms with Gasteiger partial charge in [-0.15, -0.1) is 0 Å². The van der Waals surface area contributed by atoms with Crippen LogP contribution in [0.2, 0.25) is 0 Å². The van der Waals surface area contributed by atoms with E-state index in [-0.39, 0.29) is 0 Å². The van der Waals surface area contributed by atoms with Gasteiger partial charge in [0.1, 0.15) is 5.75 Å². The molecule has 0 radical (unpaired) electrons. The molecule has 1 aromatic carbocycles. The number of hydrogen-bond acceptors (Lipinski definition) is 3. The summed E-state index contributed by atoms with van der Waals surface area (Å²) in [6.45, 7) is 9.28. The lowest BCUT2D eigenvalue weighted by Gasteiger charge is -2.26. The summed E-state index contributed by atoms with van der Waals surface area (Å²) in [7, 11) is 4.23. The van der Waals surface area contributed by atoms with Crippen LogP contribution in [0.25, 0.3) is 0 Å². The third-order valence-electron chi connectivity index (χ3n) is 3.41. The van der Waals surface area contributed by atoms with Gasteiger partial charge < -0.3 is 15.0 Å². The first-order chi connectivity index (χ1) is 9.93. The average Bonchev–Trinajstić information content (AvgIpc) is 2.41. The van der Waals surface area contributed by atoms with Gasteiger partial charge in [-0.2, -0.15) is 0 Å². The third kappa shape index (κ3) is 6.81. The van der Waals surface area contributed by atoms with Crippen molar-refractivity contribution in [3.05, 3.63) is 28.2 Å². The van der Waals surface area contributed by atoms with E-state index >= 15 is 0 Å². The lowest BCUT2D eigenvalue weighted by atomic mass is 10.0. The topological polar surface area (TPSA) is 24.5 Å². The predicted molar refractivity (Wildman–Crippen MR) is 93.9 cm³/mol. The van der Waals surface area contributed by atoms with Gasteiger partial charge in [0.25, 0.3) is 0 Å². The largest absolute Gasteiger partial charge is 0.493 e. The molecule has 0 saturated heterocycles. The van der Waals surface area contributed by atoms with Gasteiger partial charge >= 0.3 is 0 Å². The van der Waals surface area contributed by atoms with Crippen LogP contribution in [0.15, 0.2) is 22.7 Å². The monoisotopic (exact) mass is 356 g/mol. The van der Waals surface area contributed by atoms with E-state index in [2.05, 4.69) is 67.1 Å². The number of benzene rings is 1. The highest BCUT2D eigenvalue weighted by molar-refractivity contribution is 9.10. The smallest absolute Gasteiger partial charge is 0.123 e. The van der Waals surface area contributed by atoms with Gasteiger partial charge in [-0.1, -0.05) is 36.7 Å². The molecule has 1 rings (SSSR count). The molecule has 0 bridgehead atoms. The van der Waals surface area contributed by atoms with Crippen molar-refractivity contribution in [2.24, 2.45) is 5.92 Å². The summed E-state index contributed by atoms with van der Waals surface area (Å²) >= 11 is 3.55. The first-order valence-electron chi connectivity index (χ1n) is 7.73. The van der Waals surface area contributed by atoms with Crippen molar-refractivity contribution in [3.63, 3.8) is 0 Å². The van der Waals surface area contributed by atoms with Crippen LogP contribution in [0.3, 0.4) is 0 Å². The van der Waals surface area contributed by atoms with Crippen LogP contribution >= 0.6 is 15.9 Å². The van der Waals surface area contributed by atoms with E-state index in [0.29, 0.717) is 12.0 Å². The maximum Gasteiger partial charge on any atom is 0.123 e. The van der Waals surface area contributed by atoms with Crippen molar-refractivity contribution >= 4 is 15.9 Å². The summed E-state index contributed by atoms with van der Waals surface area (Å²) in [5.74, 6) is 1.58. The van der Waals surface area contributed by atoms with Gasteiger partial charge in [0.15, 0.2) is 0 Å². The standard InChI is InChI=1S/C17H29BrN2O/c1-6-9-21-17-8-7-15(18)10-14(17)11-19-16(13(2)3)12-20(4)5/h7-8,10,13,16,19H,6,9,11-12H2,1-5H3. The fourth-order valence-corrected chi connectivity index (χ4v) is 2.59. The molecule has 0 aliphatic heterocycles. The van der Waals surface area contributed by atoms with Crippen molar-refractivity contribution in [2.45, 2.75) is 39.8 Å². The average molecular weight is 357 g/mol. The summed E-state index contributed by atoms with van der Waals surface area (Å²) in [6.07, 6.45) is 1.03. The highest BCUT2D eigenvalue weighted by atomic mass is 79.9. The molecule has 21 heavy (non-hydrogen) atoms. The van der Waals surface area contributed by atoms with Crippen molar-refractivity contribution in [1.82, 2.24) is 10.2 Å². The first-order valence-corrected chi connectivity index (χ1v) is 8.52. The second-order valence-corrected chi connectivity index (χ2v) is 7.01. The van der Waals surface area contributed by atoms with E-state index in [1.165, 1.54) is 5.56 Å². The minimum Gasteiger partial charge on any atom is -0.493 e. The van der Waals surface area contributed by atoms with E-state index in [1.54, 1.807) is 0 Å². The Labute approximate surface area is 138 Å². The van der Waals surface area contributed by atoms with E-state index in [9.17, 15) is 0 Å². The highest BCUT2D eigenvalue weighted by Crippen LogP contribution is 2.23. The van der Waals surface area contributed by atoms with E-state index < -0.39 is 0 Å². The Bertz CT molecular complexity index is 421. The van der Waals surface area contributed by atoms with Crippen LogP contribution in [0.5, 0.6) is 5.75 Å². The fraction of sp³-hybridized carbons (Fsp3) is 0.647. The summed E-state index contributed by atoms with van der Waals surface area (Å²) in [6, 6.07) is 6.70. The number of nitrogens with zero attached hydrogens (tertiary/aromatic N) is 1. The van der Waals surface area contributed by atoms with E-state index in [4.69, 9.17) is 4.74 Å². The van der Waals surface area contributed by atoms with Gasteiger partial charge in [-0.25, -0.2) is 0 Å². The second kappa shape index (κ2) is 9.44. The van der Waals surface area contributed by atoms with E-state index in [0.717, 1.165) is 36.3 Å². The zero-order valence-corrected chi connectivity index (χ0v) is 15.5. The van der Waals surface area contributed by atoms with Crippen molar-refractivity contribution < 1.29 is 4.74 Å². The number of hydrogen-bond donors (Lipinski definition) is 1. The number of ether oxygens (including phenoxy) is 1. The minimum atomic E-state index is 0.470. The lowest BCUT2D eigenvalue weighted by molar-refractivity contribution is 0.283. The van der Waals surface area contributed by atoms with Crippen LogP contribution in [-0.2, 0) is 6.54 Å². The maximum atomic E-state index is 5.84. The summed E-state index contributed by atoms with van der Waals surface area (Å²) in [4.78, 5) is 2.23. The number of nitrogens with one attached hydrogen (secondary N) is 1. The quantitative estimate of drug-likeness (QED) is 0.725. The Morgan fingerprint density at radius 3 is 2.57 bits per heavy atom. The molecule has 1 aromatic rings. The van der Waals surface area contributed by atoms with Gasteiger partial charge in [0.05, 0.1) is 6.61 Å². The minimum absolute atomic E-state index is 0.470. The zero-order chi connectivity index (χ0) is 15.8. The fourth-order valence-electron chi connectivity index (χ4n) is 2.18. The third-order valence-corrected chi connectivity index (χ3v) is 3.90. The molecule has 1 unspecified atom stereocenters. The Hall–Kier alpha value is -0.580. The highest BCUT2D eigenvalue weighted by Gasteiger charge is 2.15. The number of halogens is 1. The van der Waals surface area contributed by atoms with Crippen LogP contribution in [0, 0.1) is 5.92 Å². The molecule has 0 spiro atoms. The predicted octanol–water partition coefficient (Wildman–Crippen LogP) is 3.91. The Balaban J connectivity index is 2.73. The van der Waals surface area contributed by atoms with Crippen LogP contribution in [0.1, 0.15) is 32.8 Å². The normalized spacial score (nSPS) is 13.0. The summed E-state index contributed by atoms with van der Waals surface area (Å²) < 4.78 is 6.94. The SMILES string of the molecule is CCCOc1ccc(Br)cc1CNC(CN(C)C)C(C)C. The molecule has 120 valence electrons. The van der Waals surface area contributed by atoms with Crippen molar-refractivity contribution in [1.29, 1.82) is 0 Å². The number of rotatable bonds is 9. The van der Waals surface area contributed by atoms with Gasteiger partial charge in [0.2, 0.25) is 0 Å². The molecular weight excluding hydrogens is 328 g/mol. The molecular formula is C17H29BrN2O. The van der Waals surface area contributed by atoms with Crippen LogP contribution in [0.4, 0.5) is 0 Å². The molecule has 0 aliphatic rings. The second-order valence-electron chi connectivity index (χ2n) is 6.09. The molecule has 0 aromatic heterocycles. The zero-order valence-electron chi connectivity index (χ0n) is 13.9. The van der Waals surface area contributed by atoms with Gasteiger partial charge in [-0.05, 0) is 44.6 Å². The van der Waals surface area contributed by atoms with Crippen LogP contribution < -0.4 is 10.1 Å². The molecule has 0 aliphatic carbocycles. The molecule has 1 N–H and O–H groups in total. The molecule has 0 saturated carbocycles. The Morgan fingerprint density at radius 2 is 2.00 bits per heavy atom. The number of likely N-dealkylation sites (N-methyl/N-ethyl adjacent to an activating group) is 1. The van der Waals surface area contributed by atoms with Gasteiger partial charge in [-0.3, -0.25) is 0 Å². The molecule has 0 amide bonds. The summed E-state index contributed by atoms with van der Waals surface area (Å²) in [5, 5.41) is 3.67. The van der Waals surface area contributed by atoms with Crippen molar-refractivity contribution in [3.8, 4) is 5.75 Å². The first kappa shape index (κ1) is 18.5. The Morgan fingerprint density at radius 1 is 1.29 bits per heavy atom. The van der Waals surface area contributed by atoms with Crippen molar-refractivity contribution in [2.75, 3.05) is 27.2 Å². The summed E-state index contributed by atoms with van der Waals surface area (Å²) in [5.41, 5.74) is 1.21. The van der Waals surface area contributed by atoms with Crippen LogP contribution in [-0.4, -0.2) is 38.2 Å². The molecule has 3 nitrogen and oxygen atoms in total. The Kier molecular flexibility index (Phi) is 8.30. The molecule has 4 heteroatoms. The van der Waals surface area contributed by atoms with Gasteiger partial charge in [0, 0.05) is 29.2 Å². The lowest BCUT2D eigenvalue weighted by Crippen LogP contribution is -2.41. The van der Waals surface area contributed by atoms with E-state index in [1.807, 2.05) is 12.1 Å². The molecule has 1 atom stereocenters.